The summed E-state index contributed by atoms with van der Waals surface area (Å²) >= 11 is 0. The number of nitrogens with zero attached hydrogens (tertiary/aromatic N) is 5. The van der Waals surface area contributed by atoms with E-state index < -0.39 is 11.6 Å². The second kappa shape index (κ2) is 11.2. The molecule has 10 heteroatoms. The molecule has 2 aromatic heterocycles. The Morgan fingerprint density at radius 1 is 1.10 bits per heavy atom. The van der Waals surface area contributed by atoms with Gasteiger partial charge in [-0.1, -0.05) is 20.8 Å². The number of anilines is 1. The van der Waals surface area contributed by atoms with Crippen LogP contribution >= 0.6 is 0 Å². The van der Waals surface area contributed by atoms with Crippen molar-refractivity contribution in [2.45, 2.75) is 46.7 Å². The molecule has 40 heavy (non-hydrogen) atoms. The Kier molecular flexibility index (Phi) is 8.11. The number of carbonyl (C=O) groups is 2. The summed E-state index contributed by atoms with van der Waals surface area (Å²) in [6.45, 7) is 12.5. The van der Waals surface area contributed by atoms with Crippen molar-refractivity contribution in [2.24, 2.45) is 5.41 Å². The van der Waals surface area contributed by atoms with Crippen molar-refractivity contribution < 1.29 is 23.8 Å². The molecule has 1 fully saturated rings. The smallest absolute Gasteiger partial charge is 0.407 e. The highest BCUT2D eigenvalue weighted by atomic mass is 19.1. The molecule has 0 bridgehead atoms. The van der Waals surface area contributed by atoms with E-state index in [-0.39, 0.29) is 23.0 Å². The van der Waals surface area contributed by atoms with Crippen molar-refractivity contribution in [3.05, 3.63) is 77.4 Å². The maximum atomic E-state index is 13.1. The van der Waals surface area contributed by atoms with Gasteiger partial charge >= 0.3 is 6.09 Å². The van der Waals surface area contributed by atoms with Crippen molar-refractivity contribution in [1.82, 2.24) is 19.8 Å². The number of rotatable bonds is 6. The van der Waals surface area contributed by atoms with Crippen molar-refractivity contribution in [3.8, 4) is 11.6 Å². The number of carboxylic acid groups (broad SMARTS) is 1. The minimum Gasteiger partial charge on any atom is -0.465 e. The predicted molar refractivity (Wildman–Crippen MR) is 150 cm³/mol. The number of pyridine rings is 2. The van der Waals surface area contributed by atoms with Crippen LogP contribution in [0.5, 0.6) is 11.6 Å². The molecule has 1 N–H and O–H groups in total. The highest BCUT2D eigenvalue weighted by Gasteiger charge is 2.48. The summed E-state index contributed by atoms with van der Waals surface area (Å²) in [5.41, 5.74) is 1.59. The SMILES string of the molecule is Cc1cc(N(C)C(=O)c2ccc(Oc3ccc(F)cc3)nc2)ncc1CN1CCN(C(=O)O)[C@@](C)(C(C)(C)C)C1. The van der Waals surface area contributed by atoms with Gasteiger partial charge in [0.05, 0.1) is 11.1 Å². The molecule has 1 aliphatic heterocycles. The minimum atomic E-state index is -0.891. The average Bonchev–Trinajstić information content (AvgIpc) is 2.90. The molecular formula is C30H36FN5O4. The lowest BCUT2D eigenvalue weighted by molar-refractivity contribution is -0.0462. The third-order valence-electron chi connectivity index (χ3n) is 7.88. The van der Waals surface area contributed by atoms with Crippen LogP contribution in [0.1, 0.15) is 49.2 Å². The van der Waals surface area contributed by atoms with Crippen LogP contribution < -0.4 is 9.64 Å². The molecule has 2 amide bonds. The van der Waals surface area contributed by atoms with E-state index in [4.69, 9.17) is 4.74 Å². The molecule has 0 saturated carbocycles. The molecule has 0 radical (unpaired) electrons. The zero-order valence-corrected chi connectivity index (χ0v) is 23.8. The van der Waals surface area contributed by atoms with Crippen LogP contribution in [0.3, 0.4) is 0 Å². The molecule has 0 spiro atoms. The lowest BCUT2D eigenvalue weighted by Crippen LogP contribution is -2.67. The fourth-order valence-electron chi connectivity index (χ4n) is 4.82. The molecular weight excluding hydrogens is 513 g/mol. The first-order valence-corrected chi connectivity index (χ1v) is 13.1. The van der Waals surface area contributed by atoms with Gasteiger partial charge < -0.3 is 9.84 Å². The van der Waals surface area contributed by atoms with Crippen molar-refractivity contribution in [1.29, 1.82) is 0 Å². The van der Waals surface area contributed by atoms with Gasteiger partial charge in [0, 0.05) is 51.7 Å². The summed E-state index contributed by atoms with van der Waals surface area (Å²) in [6, 6.07) is 10.7. The first-order valence-electron chi connectivity index (χ1n) is 13.1. The standard InChI is InChI=1S/C30H36FN5O4/c1-20-15-25(32-17-22(20)18-35-13-14-36(28(38)39)30(5,19-35)29(2,3)4)34(6)27(37)21-7-12-26(33-16-21)40-24-10-8-23(31)9-11-24/h7-12,15-17H,13-14,18-19H2,1-6H3,(H,38,39)/t30-/m1/s1. The zero-order chi connectivity index (χ0) is 29.2. The maximum Gasteiger partial charge on any atom is 0.407 e. The monoisotopic (exact) mass is 549 g/mol. The quantitative estimate of drug-likeness (QED) is 0.428. The summed E-state index contributed by atoms with van der Waals surface area (Å²) in [5.74, 6) is 0.607. The molecule has 1 aromatic carbocycles. The van der Waals surface area contributed by atoms with Gasteiger partial charge in [-0.05, 0) is 66.8 Å². The van der Waals surface area contributed by atoms with E-state index in [0.29, 0.717) is 43.3 Å². The Morgan fingerprint density at radius 3 is 2.38 bits per heavy atom. The number of benzene rings is 1. The van der Waals surface area contributed by atoms with E-state index in [1.54, 1.807) is 30.3 Å². The number of aromatic nitrogens is 2. The number of carbonyl (C=O) groups excluding carboxylic acids is 1. The number of amides is 2. The molecule has 4 rings (SSSR count). The Labute approximate surface area is 234 Å². The van der Waals surface area contributed by atoms with Gasteiger partial charge in [-0.15, -0.1) is 0 Å². The van der Waals surface area contributed by atoms with E-state index in [1.165, 1.54) is 35.4 Å². The second-order valence-electron chi connectivity index (χ2n) is 11.4. The lowest BCUT2D eigenvalue weighted by atomic mass is 9.72. The second-order valence-corrected chi connectivity index (χ2v) is 11.4. The topological polar surface area (TPSA) is 99.1 Å². The van der Waals surface area contributed by atoms with Crippen molar-refractivity contribution in [3.63, 3.8) is 0 Å². The summed E-state index contributed by atoms with van der Waals surface area (Å²) in [4.78, 5) is 39.1. The van der Waals surface area contributed by atoms with Gasteiger partial charge in [0.2, 0.25) is 5.88 Å². The number of halogens is 1. The van der Waals surface area contributed by atoms with Gasteiger partial charge in [0.15, 0.2) is 0 Å². The number of hydrogen-bond acceptors (Lipinski definition) is 6. The summed E-state index contributed by atoms with van der Waals surface area (Å²) < 4.78 is 18.7. The van der Waals surface area contributed by atoms with Crippen LogP contribution in [-0.2, 0) is 6.54 Å². The molecule has 9 nitrogen and oxygen atoms in total. The van der Waals surface area contributed by atoms with Gasteiger partial charge in [0.25, 0.3) is 5.91 Å². The van der Waals surface area contributed by atoms with Crippen LogP contribution in [0.15, 0.2) is 54.9 Å². The number of aryl methyl sites for hydroxylation is 1. The van der Waals surface area contributed by atoms with Crippen LogP contribution in [0.25, 0.3) is 0 Å². The lowest BCUT2D eigenvalue weighted by Gasteiger charge is -2.54. The fourth-order valence-corrected chi connectivity index (χ4v) is 4.82. The molecule has 1 aliphatic rings. The molecule has 3 heterocycles. The third kappa shape index (κ3) is 6.07. The van der Waals surface area contributed by atoms with Gasteiger partial charge in [-0.2, -0.15) is 0 Å². The van der Waals surface area contributed by atoms with E-state index in [2.05, 4.69) is 35.6 Å². The van der Waals surface area contributed by atoms with Gasteiger partial charge in [0.1, 0.15) is 17.4 Å². The van der Waals surface area contributed by atoms with E-state index in [9.17, 15) is 19.1 Å². The summed E-state index contributed by atoms with van der Waals surface area (Å²) in [7, 11) is 1.66. The van der Waals surface area contributed by atoms with Gasteiger partial charge in [-0.25, -0.2) is 19.2 Å². The van der Waals surface area contributed by atoms with Crippen molar-refractivity contribution >= 4 is 17.8 Å². The highest BCUT2D eigenvalue weighted by molar-refractivity contribution is 6.05. The molecule has 1 saturated heterocycles. The van der Waals surface area contributed by atoms with Crippen LogP contribution in [0.4, 0.5) is 15.0 Å². The summed E-state index contributed by atoms with van der Waals surface area (Å²) in [5, 5.41) is 9.79. The van der Waals surface area contributed by atoms with Gasteiger partial charge in [-0.3, -0.25) is 19.5 Å². The average molecular weight is 550 g/mol. The van der Waals surface area contributed by atoms with E-state index >= 15 is 0 Å². The number of piperazine rings is 1. The molecule has 1 atom stereocenters. The number of ether oxygens (including phenoxy) is 1. The Bertz CT molecular complexity index is 1370. The largest absolute Gasteiger partial charge is 0.465 e. The minimum absolute atomic E-state index is 0.246. The number of hydrogen-bond donors (Lipinski definition) is 1. The maximum absolute atomic E-state index is 13.1. The van der Waals surface area contributed by atoms with Crippen LogP contribution in [0, 0.1) is 18.2 Å². The Morgan fingerprint density at radius 2 is 1.80 bits per heavy atom. The molecule has 0 aliphatic carbocycles. The third-order valence-corrected chi connectivity index (χ3v) is 7.88. The van der Waals surface area contributed by atoms with Crippen LogP contribution in [0.2, 0.25) is 0 Å². The fraction of sp³-hybridized carbons (Fsp3) is 0.400. The molecule has 212 valence electrons. The highest BCUT2D eigenvalue weighted by Crippen LogP contribution is 2.39. The molecule has 3 aromatic rings. The Balaban J connectivity index is 1.42. The predicted octanol–water partition coefficient (Wildman–Crippen LogP) is 5.59. The first-order chi connectivity index (χ1) is 18.8. The Hall–Kier alpha value is -4.05. The molecule has 0 unspecified atom stereocenters. The summed E-state index contributed by atoms with van der Waals surface area (Å²) in [6.07, 6.45) is 2.32. The van der Waals surface area contributed by atoms with Crippen LogP contribution in [-0.4, -0.2) is 69.1 Å². The zero-order valence-electron chi connectivity index (χ0n) is 23.8. The van der Waals surface area contributed by atoms with E-state index in [0.717, 1.165) is 11.1 Å². The van der Waals surface area contributed by atoms with Crippen molar-refractivity contribution in [2.75, 3.05) is 31.6 Å². The first kappa shape index (κ1) is 28.9. The van der Waals surface area contributed by atoms with E-state index in [1.807, 2.05) is 19.9 Å². The normalized spacial score (nSPS) is 17.9.